The van der Waals surface area contributed by atoms with Crippen LogP contribution in [0.5, 0.6) is 0 Å². The van der Waals surface area contributed by atoms with E-state index in [9.17, 15) is 10.1 Å². The Labute approximate surface area is 156 Å². The number of nitrogens with one attached hydrogen (secondary N) is 1. The third-order valence-corrected chi connectivity index (χ3v) is 5.63. The van der Waals surface area contributed by atoms with Gasteiger partial charge in [-0.1, -0.05) is 6.92 Å². The molecule has 2 heterocycles. The molecule has 0 atom stereocenters. The molecular weight excluding hydrogens is 386 g/mol. The van der Waals surface area contributed by atoms with Gasteiger partial charge in [-0.05, 0) is 61.4 Å². The van der Waals surface area contributed by atoms with E-state index in [1.54, 1.807) is 0 Å². The summed E-state index contributed by atoms with van der Waals surface area (Å²) in [4.78, 5) is 21.9. The van der Waals surface area contributed by atoms with Crippen molar-refractivity contribution >= 4 is 28.0 Å². The van der Waals surface area contributed by atoms with Crippen molar-refractivity contribution in [2.24, 2.45) is 5.41 Å². The number of anilines is 1. The average molecular weight is 410 g/mol. The van der Waals surface area contributed by atoms with E-state index in [4.69, 9.17) is 5.11 Å². The lowest BCUT2D eigenvalue weighted by Gasteiger charge is -2.43. The molecule has 0 aromatic carbocycles. The number of rotatable bonds is 4. The minimum atomic E-state index is -0.992. The van der Waals surface area contributed by atoms with Crippen LogP contribution >= 0.6 is 15.9 Å². The molecular formula is C17H24BrN5O2. The van der Waals surface area contributed by atoms with Gasteiger partial charge in [0.25, 0.3) is 0 Å². The Hall–Kier alpha value is -1.88. The van der Waals surface area contributed by atoms with E-state index < -0.39 is 11.6 Å². The summed E-state index contributed by atoms with van der Waals surface area (Å²) in [6.07, 6.45) is 1.61. The average Bonchev–Trinajstić information content (AvgIpc) is 2.48. The number of aryl methyl sites for hydroxylation is 1. The van der Waals surface area contributed by atoms with Crippen LogP contribution in [0.2, 0.25) is 0 Å². The summed E-state index contributed by atoms with van der Waals surface area (Å²) < 4.78 is 0.641. The van der Waals surface area contributed by atoms with Gasteiger partial charge in [-0.25, -0.2) is 14.8 Å². The first-order chi connectivity index (χ1) is 11.6. The SMILES string of the molecule is Cc1nc(N2CCC(C)(CC(C)(C)NC(=O)O)CC2)nc(C#N)c1Br. The number of hydrogen-bond acceptors (Lipinski definition) is 5. The second kappa shape index (κ2) is 7.16. The fourth-order valence-electron chi connectivity index (χ4n) is 3.58. The Morgan fingerprint density at radius 1 is 1.44 bits per heavy atom. The summed E-state index contributed by atoms with van der Waals surface area (Å²) >= 11 is 3.35. The third-order valence-electron chi connectivity index (χ3n) is 4.68. The highest BCUT2D eigenvalue weighted by Crippen LogP contribution is 2.39. The molecule has 136 valence electrons. The van der Waals surface area contributed by atoms with Gasteiger partial charge >= 0.3 is 6.09 Å². The highest BCUT2D eigenvalue weighted by Gasteiger charge is 2.37. The number of nitrogens with zero attached hydrogens (tertiary/aromatic N) is 4. The van der Waals surface area contributed by atoms with Crippen LogP contribution in [0.4, 0.5) is 10.7 Å². The summed E-state index contributed by atoms with van der Waals surface area (Å²) in [6.45, 7) is 9.45. The van der Waals surface area contributed by atoms with E-state index in [2.05, 4.69) is 49.1 Å². The highest BCUT2D eigenvalue weighted by atomic mass is 79.9. The molecule has 1 aliphatic heterocycles. The summed E-state index contributed by atoms with van der Waals surface area (Å²) in [6, 6.07) is 2.09. The Bertz CT molecular complexity index is 706. The lowest BCUT2D eigenvalue weighted by molar-refractivity contribution is 0.145. The van der Waals surface area contributed by atoms with Crippen molar-refractivity contribution in [2.45, 2.75) is 52.5 Å². The zero-order chi connectivity index (χ0) is 18.8. The molecule has 0 saturated carbocycles. The van der Waals surface area contributed by atoms with Gasteiger partial charge in [0.15, 0.2) is 5.69 Å². The van der Waals surface area contributed by atoms with Gasteiger partial charge in [0.05, 0.1) is 10.2 Å². The lowest BCUT2D eigenvalue weighted by Crippen LogP contribution is -2.49. The number of piperidine rings is 1. The molecule has 2 rings (SSSR count). The number of amides is 1. The number of carboxylic acid groups (broad SMARTS) is 1. The molecule has 25 heavy (non-hydrogen) atoms. The maximum Gasteiger partial charge on any atom is 0.405 e. The second-order valence-corrected chi connectivity index (χ2v) is 8.46. The van der Waals surface area contributed by atoms with Gasteiger partial charge in [-0.3, -0.25) is 0 Å². The monoisotopic (exact) mass is 409 g/mol. The highest BCUT2D eigenvalue weighted by molar-refractivity contribution is 9.10. The minimum Gasteiger partial charge on any atom is -0.465 e. The molecule has 0 unspecified atom stereocenters. The van der Waals surface area contributed by atoms with Gasteiger partial charge in [0.1, 0.15) is 6.07 Å². The van der Waals surface area contributed by atoms with Crippen LogP contribution in [-0.4, -0.2) is 39.8 Å². The van der Waals surface area contributed by atoms with Crippen molar-refractivity contribution in [3.63, 3.8) is 0 Å². The molecule has 1 aliphatic rings. The molecule has 0 spiro atoms. The fourth-order valence-corrected chi connectivity index (χ4v) is 3.85. The largest absolute Gasteiger partial charge is 0.465 e. The maximum atomic E-state index is 11.0. The molecule has 1 aromatic rings. The van der Waals surface area contributed by atoms with Gasteiger partial charge in [-0.15, -0.1) is 0 Å². The summed E-state index contributed by atoms with van der Waals surface area (Å²) in [7, 11) is 0. The maximum absolute atomic E-state index is 11.0. The van der Waals surface area contributed by atoms with E-state index in [0.717, 1.165) is 38.0 Å². The van der Waals surface area contributed by atoms with Crippen molar-refractivity contribution in [2.75, 3.05) is 18.0 Å². The summed E-state index contributed by atoms with van der Waals surface area (Å²) in [5.74, 6) is 0.585. The van der Waals surface area contributed by atoms with E-state index in [1.807, 2.05) is 20.8 Å². The van der Waals surface area contributed by atoms with E-state index in [0.29, 0.717) is 16.1 Å². The van der Waals surface area contributed by atoms with Gasteiger partial charge in [0, 0.05) is 18.6 Å². The topological polar surface area (TPSA) is 102 Å². The van der Waals surface area contributed by atoms with Crippen LogP contribution in [0.3, 0.4) is 0 Å². The normalized spacial score (nSPS) is 17.0. The van der Waals surface area contributed by atoms with E-state index >= 15 is 0 Å². The number of halogens is 1. The van der Waals surface area contributed by atoms with Crippen molar-refractivity contribution in [3.05, 3.63) is 15.9 Å². The Kier molecular flexibility index (Phi) is 5.57. The van der Waals surface area contributed by atoms with Crippen LogP contribution in [0.15, 0.2) is 4.47 Å². The number of nitriles is 1. The van der Waals surface area contributed by atoms with Crippen LogP contribution in [0, 0.1) is 23.7 Å². The van der Waals surface area contributed by atoms with E-state index in [1.165, 1.54) is 0 Å². The standard InChI is InChI=1S/C17H24BrN5O2/c1-11-13(18)12(9-19)21-14(20-11)23-7-5-17(4,6-8-23)10-16(2,3)22-15(24)25/h22H,5-8,10H2,1-4H3,(H,24,25). The fraction of sp³-hybridized carbons (Fsp3) is 0.647. The van der Waals surface area contributed by atoms with Crippen molar-refractivity contribution in [3.8, 4) is 6.07 Å². The Morgan fingerprint density at radius 2 is 2.04 bits per heavy atom. The Morgan fingerprint density at radius 3 is 2.56 bits per heavy atom. The lowest BCUT2D eigenvalue weighted by atomic mass is 9.72. The molecule has 8 heteroatoms. The first kappa shape index (κ1) is 19.4. The second-order valence-electron chi connectivity index (χ2n) is 7.67. The summed E-state index contributed by atoms with van der Waals surface area (Å²) in [5, 5.41) is 20.8. The first-order valence-electron chi connectivity index (χ1n) is 8.26. The van der Waals surface area contributed by atoms with Gasteiger partial charge in [-0.2, -0.15) is 5.26 Å². The number of hydrogen-bond donors (Lipinski definition) is 2. The van der Waals surface area contributed by atoms with Crippen molar-refractivity contribution in [1.82, 2.24) is 15.3 Å². The smallest absolute Gasteiger partial charge is 0.405 e. The zero-order valence-electron chi connectivity index (χ0n) is 15.1. The molecule has 1 saturated heterocycles. The molecule has 2 N–H and O–H groups in total. The molecule has 0 aliphatic carbocycles. The zero-order valence-corrected chi connectivity index (χ0v) is 16.6. The van der Waals surface area contributed by atoms with Crippen LogP contribution < -0.4 is 10.2 Å². The molecule has 1 fully saturated rings. The summed E-state index contributed by atoms with van der Waals surface area (Å²) in [5.41, 5.74) is 0.677. The van der Waals surface area contributed by atoms with Crippen LogP contribution in [-0.2, 0) is 0 Å². The molecule has 1 amide bonds. The number of carbonyl (C=O) groups is 1. The van der Waals surface area contributed by atoms with Crippen LogP contribution in [0.1, 0.15) is 51.4 Å². The van der Waals surface area contributed by atoms with Crippen molar-refractivity contribution < 1.29 is 9.90 Å². The first-order valence-corrected chi connectivity index (χ1v) is 9.05. The minimum absolute atomic E-state index is 0.0465. The Balaban J connectivity index is 2.08. The predicted octanol–water partition coefficient (Wildman–Crippen LogP) is 3.46. The van der Waals surface area contributed by atoms with Crippen LogP contribution in [0.25, 0.3) is 0 Å². The molecule has 7 nitrogen and oxygen atoms in total. The molecule has 0 bridgehead atoms. The van der Waals surface area contributed by atoms with Crippen molar-refractivity contribution in [1.29, 1.82) is 5.26 Å². The number of aromatic nitrogens is 2. The molecule has 1 aromatic heterocycles. The van der Waals surface area contributed by atoms with Gasteiger partial charge < -0.3 is 15.3 Å². The molecule has 0 radical (unpaired) electrons. The predicted molar refractivity (Wildman–Crippen MR) is 98.6 cm³/mol. The van der Waals surface area contributed by atoms with E-state index in [-0.39, 0.29) is 5.41 Å². The quantitative estimate of drug-likeness (QED) is 0.788. The van der Waals surface area contributed by atoms with Gasteiger partial charge in [0.2, 0.25) is 5.95 Å². The third kappa shape index (κ3) is 4.82.